The summed E-state index contributed by atoms with van der Waals surface area (Å²) in [5, 5.41) is 33.8. The maximum absolute atomic E-state index is 8.77. The second-order valence-corrected chi connectivity index (χ2v) is 16.9. The fourth-order valence-corrected chi connectivity index (χ4v) is 12.0. The van der Waals surface area contributed by atoms with E-state index in [1.54, 1.807) is 0 Å². The zero-order chi connectivity index (χ0) is 29.8. The Hall–Kier alpha value is 0.439. The van der Waals surface area contributed by atoms with Crippen molar-refractivity contribution in [2.24, 2.45) is 47.3 Å². The van der Waals surface area contributed by atoms with Crippen molar-refractivity contribution in [3.05, 3.63) is 0 Å². The molecule has 5 aliphatic heterocycles. The number of rotatable bonds is 0. The van der Waals surface area contributed by atoms with Crippen LogP contribution in [0, 0.1) is 47.3 Å². The number of fused-ring (bicyclic) bond motifs is 20. The molecule has 8 bridgehead atoms. The van der Waals surface area contributed by atoms with Crippen LogP contribution in [0.3, 0.4) is 0 Å². The molecule has 10 nitrogen and oxygen atoms in total. The first kappa shape index (κ1) is 33.9. The number of hydrogen-bond donors (Lipinski definition) is 8. The smallest absolute Gasteiger partial charge is 0.409 e. The molecule has 9 aliphatic rings. The van der Waals surface area contributed by atoms with Gasteiger partial charge in [0.15, 0.2) is 0 Å². The first-order valence-corrected chi connectivity index (χ1v) is 20.3. The second-order valence-electron chi connectivity index (χ2n) is 15.8. The summed E-state index contributed by atoms with van der Waals surface area (Å²) in [6.07, 6.45) is 25.6. The summed E-state index contributed by atoms with van der Waals surface area (Å²) in [5.74, 6) is 5.97. The molecule has 8 unspecified atom stereocenters. The zero-order valence-corrected chi connectivity index (χ0v) is 29.0. The van der Waals surface area contributed by atoms with E-state index in [1.807, 2.05) is 0 Å². The van der Waals surface area contributed by atoms with Gasteiger partial charge in [-0.3, -0.25) is 42.5 Å². The standard InChI is InChI=1S/C32H56N8.ClO2S.Cu/c1-2-10-18-17(9-1)25-33-26(18)38-28-21-13-5-6-14-22(21)30(35-28)40-32-24-16-8-7-15-23(24)31(36-32)39-29-20-12-4-3-11-19(20)27(34-29)37-25;1-4(2)3;/h17-40H,1-16H2;;/q;-1;+1. The molecule has 9 rings (SSSR count). The molecular formula is C32H56ClCuN8O2S. The van der Waals surface area contributed by atoms with Gasteiger partial charge in [0.05, 0.1) is 49.3 Å². The Morgan fingerprint density at radius 1 is 0.333 bits per heavy atom. The fourth-order valence-electron chi connectivity index (χ4n) is 12.0. The summed E-state index contributed by atoms with van der Waals surface area (Å²) in [4.78, 5) is 0. The van der Waals surface area contributed by atoms with Gasteiger partial charge in [-0.1, -0.05) is 51.4 Å². The van der Waals surface area contributed by atoms with Crippen molar-refractivity contribution in [1.29, 1.82) is 0 Å². The first-order chi connectivity index (χ1) is 21.5. The van der Waals surface area contributed by atoms with E-state index in [0.29, 0.717) is 49.3 Å². The van der Waals surface area contributed by atoms with Crippen LogP contribution in [-0.4, -0.2) is 49.3 Å². The number of nitrogens with one attached hydrogen (secondary N) is 8. The quantitative estimate of drug-likeness (QED) is 0.108. The molecular weight excluding hydrogens is 659 g/mol. The maximum atomic E-state index is 8.77. The van der Waals surface area contributed by atoms with Crippen molar-refractivity contribution in [2.75, 3.05) is 0 Å². The molecule has 0 aromatic carbocycles. The third kappa shape index (κ3) is 6.81. The van der Waals surface area contributed by atoms with Crippen LogP contribution in [0.2, 0.25) is 0 Å². The molecule has 5 heterocycles. The molecule has 0 amide bonds. The molecule has 0 spiro atoms. The Morgan fingerprint density at radius 2 is 0.444 bits per heavy atom. The average molecular weight is 716 g/mol. The molecule has 9 fully saturated rings. The van der Waals surface area contributed by atoms with E-state index in [9.17, 15) is 0 Å². The molecule has 0 aromatic rings. The molecule has 8 N–H and O–H groups in total. The van der Waals surface area contributed by atoms with E-state index in [4.69, 9.17) is 8.42 Å². The van der Waals surface area contributed by atoms with Gasteiger partial charge in [-0.25, -0.2) is 0 Å². The third-order valence-electron chi connectivity index (χ3n) is 13.8. The summed E-state index contributed by atoms with van der Waals surface area (Å²) in [6, 6.07) is 0. The van der Waals surface area contributed by atoms with Gasteiger partial charge in [0.1, 0.15) is 0 Å². The van der Waals surface area contributed by atoms with Crippen LogP contribution in [0.1, 0.15) is 103 Å². The van der Waals surface area contributed by atoms with Crippen molar-refractivity contribution in [3.8, 4) is 0 Å². The summed E-state index contributed by atoms with van der Waals surface area (Å²) >= 11 is 0. The van der Waals surface area contributed by atoms with Gasteiger partial charge in [0.25, 0.3) is 0 Å². The Bertz CT molecular complexity index is 878. The van der Waals surface area contributed by atoms with Crippen molar-refractivity contribution in [3.63, 3.8) is 0 Å². The minimum absolute atomic E-state index is 0. The molecule has 0 aromatic heterocycles. The fraction of sp³-hybridized carbons (Fsp3) is 1.00. The molecule has 4 aliphatic carbocycles. The number of hydrogen-bond acceptors (Lipinski definition) is 11. The largest absolute Gasteiger partial charge is 1.00 e. The molecule has 4 saturated carbocycles. The maximum Gasteiger partial charge on any atom is 1.00 e. The van der Waals surface area contributed by atoms with E-state index in [-0.39, 0.29) is 17.1 Å². The molecule has 13 heteroatoms. The summed E-state index contributed by atoms with van der Waals surface area (Å²) in [5.41, 5.74) is 0. The van der Waals surface area contributed by atoms with Gasteiger partial charge in [-0.05, 0) is 98.7 Å². The van der Waals surface area contributed by atoms with Gasteiger partial charge in [0.2, 0.25) is 0 Å². The molecule has 8 atom stereocenters. The molecule has 0 radical (unpaired) electrons. The van der Waals surface area contributed by atoms with Gasteiger partial charge in [0, 0.05) is 9.92 Å². The predicted octanol–water partition coefficient (Wildman–Crippen LogP) is 3.05. The second kappa shape index (κ2) is 14.7. The van der Waals surface area contributed by atoms with Crippen LogP contribution in [0.25, 0.3) is 0 Å². The predicted molar refractivity (Wildman–Crippen MR) is 172 cm³/mol. The van der Waals surface area contributed by atoms with Gasteiger partial charge >= 0.3 is 17.1 Å². The Morgan fingerprint density at radius 3 is 0.556 bits per heavy atom. The van der Waals surface area contributed by atoms with Gasteiger partial charge < -0.3 is 8.42 Å². The van der Waals surface area contributed by atoms with Crippen molar-refractivity contribution >= 4 is 20.6 Å². The van der Waals surface area contributed by atoms with Crippen LogP contribution < -0.4 is 42.5 Å². The monoisotopic (exact) mass is 714 g/mol. The minimum Gasteiger partial charge on any atom is -0.409 e. The van der Waals surface area contributed by atoms with E-state index in [0.717, 1.165) is 47.3 Å². The average Bonchev–Trinajstić information content (AvgIpc) is 3.76. The van der Waals surface area contributed by atoms with Gasteiger partial charge in [-0.15, -0.1) is 0 Å². The van der Waals surface area contributed by atoms with Crippen LogP contribution >= 0.6 is 10.7 Å². The van der Waals surface area contributed by atoms with E-state index in [1.165, 1.54) is 103 Å². The summed E-state index contributed by atoms with van der Waals surface area (Å²) in [6.45, 7) is 0. The Kier molecular flexibility index (Phi) is 11.1. The molecule has 45 heavy (non-hydrogen) atoms. The normalized spacial score (nSPS) is 52.0. The van der Waals surface area contributed by atoms with E-state index >= 15 is 0 Å². The first-order valence-electron chi connectivity index (χ1n) is 18.4. The Labute approximate surface area is 286 Å². The van der Waals surface area contributed by atoms with Crippen molar-refractivity contribution in [1.82, 2.24) is 42.5 Å². The van der Waals surface area contributed by atoms with E-state index in [2.05, 4.69) is 53.2 Å². The summed E-state index contributed by atoms with van der Waals surface area (Å²) in [7, 11) is 1.80. The van der Waals surface area contributed by atoms with Crippen molar-refractivity contribution < 1.29 is 25.5 Å². The third-order valence-corrected chi connectivity index (χ3v) is 13.8. The van der Waals surface area contributed by atoms with E-state index < -0.39 is 9.92 Å². The van der Waals surface area contributed by atoms with Crippen LogP contribution in [0.15, 0.2) is 0 Å². The van der Waals surface area contributed by atoms with Crippen LogP contribution in [-0.2, 0) is 35.4 Å². The van der Waals surface area contributed by atoms with Crippen molar-refractivity contribution in [2.45, 2.75) is 152 Å². The summed E-state index contributed by atoms with van der Waals surface area (Å²) < 4.78 is 17.5. The van der Waals surface area contributed by atoms with Gasteiger partial charge in [-0.2, -0.15) is 10.7 Å². The number of halogens is 1. The van der Waals surface area contributed by atoms with Crippen LogP contribution in [0.5, 0.6) is 0 Å². The topological polar surface area (TPSA) is 130 Å². The molecule has 260 valence electrons. The minimum atomic E-state index is -2.39. The zero-order valence-electron chi connectivity index (χ0n) is 26.5. The Balaban J connectivity index is 0.000000617. The van der Waals surface area contributed by atoms with Crippen LogP contribution in [0.4, 0.5) is 0 Å². The SMILES string of the molecule is C1CCC2C3NC(NC4NC(NC5NC(NC6NC(N3)C3CCCCC63)C3CCCCC53)C3CCCCC43)C2C1.O=[S-](=O)Cl.[Cu+]. The molecule has 5 saturated heterocycles.